The Morgan fingerprint density at radius 1 is 1.00 bits per heavy atom. The van der Waals surface area contributed by atoms with Crippen LogP contribution >= 0.6 is 0 Å². The summed E-state index contributed by atoms with van der Waals surface area (Å²) in [6.45, 7) is 4.60. The van der Waals surface area contributed by atoms with Crippen LogP contribution in [0.25, 0.3) is 0 Å². The lowest BCUT2D eigenvalue weighted by Gasteiger charge is -2.19. The molecule has 6 nitrogen and oxygen atoms in total. The van der Waals surface area contributed by atoms with Crippen molar-refractivity contribution in [1.29, 1.82) is 0 Å². The number of carbonyl (C=O) groups is 1. The van der Waals surface area contributed by atoms with Gasteiger partial charge in [0.05, 0.1) is 27.8 Å². The molecule has 0 unspecified atom stereocenters. The van der Waals surface area contributed by atoms with Gasteiger partial charge in [-0.2, -0.15) is 0 Å². The molecule has 150 valence electrons. The van der Waals surface area contributed by atoms with E-state index in [1.54, 1.807) is 51.5 Å². The zero-order valence-electron chi connectivity index (χ0n) is 16.9. The van der Waals surface area contributed by atoms with Gasteiger partial charge < -0.3 is 23.8 Å². The Morgan fingerprint density at radius 3 is 2.11 bits per heavy atom. The van der Waals surface area contributed by atoms with Gasteiger partial charge in [0.25, 0.3) is 0 Å². The number of nitrogens with zero attached hydrogens (tertiary/aromatic N) is 1. The highest BCUT2D eigenvalue weighted by molar-refractivity contribution is 5.79. The van der Waals surface area contributed by atoms with Crippen LogP contribution in [0.4, 0.5) is 0 Å². The van der Waals surface area contributed by atoms with Crippen LogP contribution in [0.2, 0.25) is 0 Å². The van der Waals surface area contributed by atoms with E-state index in [9.17, 15) is 4.79 Å². The Kier molecular flexibility index (Phi) is 7.75. The Bertz CT molecular complexity index is 776. The van der Waals surface area contributed by atoms with Crippen LogP contribution in [0.5, 0.6) is 23.0 Å². The Morgan fingerprint density at radius 2 is 1.61 bits per heavy atom. The fraction of sp³-hybridized carbons (Fsp3) is 0.318. The van der Waals surface area contributed by atoms with Crippen molar-refractivity contribution in [2.45, 2.75) is 13.0 Å². The number of ether oxygens (including phenoxy) is 4. The Balaban J connectivity index is 2.04. The Labute approximate surface area is 166 Å². The molecule has 0 spiro atoms. The van der Waals surface area contributed by atoms with Crippen molar-refractivity contribution in [3.05, 3.63) is 60.2 Å². The summed E-state index contributed by atoms with van der Waals surface area (Å²) in [6, 6.07) is 11.2. The third-order valence-electron chi connectivity index (χ3n) is 4.22. The SMILES string of the molecule is C=CCOc1ccc(CN(C)C(=O)Cc2cc(OC)c(OC)c(OC)c2)cc1. The molecule has 0 saturated carbocycles. The summed E-state index contributed by atoms with van der Waals surface area (Å²) in [5.74, 6) is 2.33. The quantitative estimate of drug-likeness (QED) is 0.586. The molecule has 2 rings (SSSR count). The van der Waals surface area contributed by atoms with Crippen LogP contribution in [-0.4, -0.2) is 45.8 Å². The van der Waals surface area contributed by atoms with E-state index in [2.05, 4.69) is 6.58 Å². The van der Waals surface area contributed by atoms with E-state index in [0.29, 0.717) is 30.4 Å². The maximum absolute atomic E-state index is 12.7. The summed E-state index contributed by atoms with van der Waals surface area (Å²) < 4.78 is 21.5. The minimum atomic E-state index is -0.0127. The zero-order valence-corrected chi connectivity index (χ0v) is 16.9. The molecule has 2 aromatic carbocycles. The summed E-state index contributed by atoms with van der Waals surface area (Å²) in [6.07, 6.45) is 1.93. The minimum absolute atomic E-state index is 0.0127. The van der Waals surface area contributed by atoms with Gasteiger partial charge in [0.2, 0.25) is 11.7 Å². The molecule has 0 N–H and O–H groups in total. The molecule has 0 bridgehead atoms. The van der Waals surface area contributed by atoms with Crippen LogP contribution in [-0.2, 0) is 17.8 Å². The van der Waals surface area contributed by atoms with Crippen molar-refractivity contribution in [2.24, 2.45) is 0 Å². The summed E-state index contributed by atoms with van der Waals surface area (Å²) in [5, 5.41) is 0. The third-order valence-corrected chi connectivity index (χ3v) is 4.22. The van der Waals surface area contributed by atoms with Crippen LogP contribution in [0.3, 0.4) is 0 Å². The molecule has 0 atom stereocenters. The average Bonchev–Trinajstić information content (AvgIpc) is 2.72. The molecule has 0 heterocycles. The van der Waals surface area contributed by atoms with Gasteiger partial charge in [-0.05, 0) is 35.4 Å². The van der Waals surface area contributed by atoms with Gasteiger partial charge in [0.1, 0.15) is 12.4 Å². The van der Waals surface area contributed by atoms with E-state index in [1.807, 2.05) is 24.3 Å². The smallest absolute Gasteiger partial charge is 0.227 e. The highest BCUT2D eigenvalue weighted by atomic mass is 16.5. The summed E-state index contributed by atoms with van der Waals surface area (Å²) in [4.78, 5) is 14.3. The van der Waals surface area contributed by atoms with Gasteiger partial charge >= 0.3 is 0 Å². The highest BCUT2D eigenvalue weighted by Crippen LogP contribution is 2.38. The molecule has 0 saturated heterocycles. The third kappa shape index (κ3) is 5.42. The number of hydrogen-bond acceptors (Lipinski definition) is 5. The number of rotatable bonds is 10. The molecule has 0 fully saturated rings. The average molecular weight is 385 g/mol. The Hall–Kier alpha value is -3.15. The van der Waals surface area contributed by atoms with E-state index < -0.39 is 0 Å². The van der Waals surface area contributed by atoms with E-state index in [4.69, 9.17) is 18.9 Å². The molecule has 0 radical (unpaired) electrons. The van der Waals surface area contributed by atoms with Gasteiger partial charge in [-0.3, -0.25) is 4.79 Å². The van der Waals surface area contributed by atoms with Crippen molar-refractivity contribution < 1.29 is 23.7 Å². The van der Waals surface area contributed by atoms with Crippen molar-refractivity contribution in [2.75, 3.05) is 35.0 Å². The first-order valence-corrected chi connectivity index (χ1v) is 8.87. The first-order chi connectivity index (χ1) is 13.5. The number of likely N-dealkylation sites (N-methyl/N-ethyl adjacent to an activating group) is 1. The number of hydrogen-bond donors (Lipinski definition) is 0. The van der Waals surface area contributed by atoms with Gasteiger partial charge in [-0.15, -0.1) is 0 Å². The maximum atomic E-state index is 12.7. The van der Waals surface area contributed by atoms with Gasteiger partial charge in [0.15, 0.2) is 11.5 Å². The fourth-order valence-corrected chi connectivity index (χ4v) is 2.76. The van der Waals surface area contributed by atoms with Crippen LogP contribution in [0.15, 0.2) is 49.1 Å². The number of benzene rings is 2. The molecule has 1 amide bonds. The summed E-state index contributed by atoms with van der Waals surface area (Å²) >= 11 is 0. The fourth-order valence-electron chi connectivity index (χ4n) is 2.76. The largest absolute Gasteiger partial charge is 0.493 e. The summed E-state index contributed by atoms with van der Waals surface area (Å²) in [7, 11) is 6.43. The predicted molar refractivity (Wildman–Crippen MR) is 108 cm³/mol. The first-order valence-electron chi connectivity index (χ1n) is 8.87. The van der Waals surface area contributed by atoms with Gasteiger partial charge in [-0.25, -0.2) is 0 Å². The second kappa shape index (κ2) is 10.3. The molecule has 0 aromatic heterocycles. The molecule has 0 aliphatic carbocycles. The summed E-state index contributed by atoms with van der Waals surface area (Å²) in [5.41, 5.74) is 1.81. The van der Waals surface area contributed by atoms with Crippen molar-refractivity contribution in [3.63, 3.8) is 0 Å². The van der Waals surface area contributed by atoms with Crippen LogP contribution in [0.1, 0.15) is 11.1 Å². The van der Waals surface area contributed by atoms with Crippen LogP contribution in [0, 0.1) is 0 Å². The lowest BCUT2D eigenvalue weighted by Crippen LogP contribution is -2.27. The van der Waals surface area contributed by atoms with Crippen molar-refractivity contribution >= 4 is 5.91 Å². The molecule has 6 heteroatoms. The van der Waals surface area contributed by atoms with Gasteiger partial charge in [-0.1, -0.05) is 24.8 Å². The van der Waals surface area contributed by atoms with E-state index in [1.165, 1.54) is 0 Å². The van der Waals surface area contributed by atoms with Gasteiger partial charge in [0, 0.05) is 13.6 Å². The first kappa shape index (κ1) is 21.2. The van der Waals surface area contributed by atoms with E-state index >= 15 is 0 Å². The molecular weight excluding hydrogens is 358 g/mol. The lowest BCUT2D eigenvalue weighted by atomic mass is 10.1. The molecular formula is C22H27NO5. The van der Waals surface area contributed by atoms with E-state index in [0.717, 1.165) is 16.9 Å². The predicted octanol–water partition coefficient (Wildman–Crippen LogP) is 3.48. The van der Waals surface area contributed by atoms with Crippen molar-refractivity contribution in [3.8, 4) is 23.0 Å². The lowest BCUT2D eigenvalue weighted by molar-refractivity contribution is -0.129. The number of methoxy groups -OCH3 is 3. The topological polar surface area (TPSA) is 57.2 Å². The second-order valence-corrected chi connectivity index (χ2v) is 6.20. The standard InChI is InChI=1S/C22H27NO5/c1-6-11-28-18-9-7-16(8-10-18)15-23(2)21(24)14-17-12-19(25-3)22(27-5)20(13-17)26-4/h6-10,12-13H,1,11,14-15H2,2-5H3. The number of amides is 1. The van der Waals surface area contributed by atoms with E-state index in [-0.39, 0.29) is 12.3 Å². The monoisotopic (exact) mass is 385 g/mol. The molecule has 0 aliphatic rings. The molecule has 28 heavy (non-hydrogen) atoms. The van der Waals surface area contributed by atoms with Crippen molar-refractivity contribution in [1.82, 2.24) is 4.90 Å². The minimum Gasteiger partial charge on any atom is -0.493 e. The maximum Gasteiger partial charge on any atom is 0.227 e. The molecule has 2 aromatic rings. The molecule has 0 aliphatic heterocycles. The second-order valence-electron chi connectivity index (χ2n) is 6.20. The normalized spacial score (nSPS) is 10.1. The number of carbonyl (C=O) groups excluding carboxylic acids is 1. The zero-order chi connectivity index (χ0) is 20.5. The van der Waals surface area contributed by atoms with Crippen LogP contribution < -0.4 is 18.9 Å². The highest BCUT2D eigenvalue weighted by Gasteiger charge is 2.16.